The fourth-order valence-electron chi connectivity index (χ4n) is 2.59. The molecule has 0 aromatic heterocycles. The van der Waals surface area contributed by atoms with Crippen LogP contribution in [0.2, 0.25) is 0 Å². The summed E-state index contributed by atoms with van der Waals surface area (Å²) in [7, 11) is 0. The lowest BCUT2D eigenvalue weighted by Crippen LogP contribution is -2.23. The molecular formula is C18H19N3O2. The van der Waals surface area contributed by atoms with Gasteiger partial charge in [-0.1, -0.05) is 18.2 Å². The topological polar surface area (TPSA) is 61.4 Å². The maximum atomic E-state index is 11.9. The molecule has 2 aromatic carbocycles. The second-order valence-electron chi connectivity index (χ2n) is 5.46. The van der Waals surface area contributed by atoms with E-state index >= 15 is 0 Å². The lowest BCUT2D eigenvalue weighted by Gasteiger charge is -2.16. The van der Waals surface area contributed by atoms with Crippen molar-refractivity contribution in [3.63, 3.8) is 0 Å². The molecule has 1 saturated heterocycles. The Balaban J connectivity index is 1.52. The quantitative estimate of drug-likeness (QED) is 0.893. The minimum absolute atomic E-state index is 0.102. The van der Waals surface area contributed by atoms with E-state index in [1.807, 2.05) is 54.6 Å². The smallest absolute Gasteiger partial charge is 0.243 e. The largest absolute Gasteiger partial charge is 0.376 e. The molecule has 23 heavy (non-hydrogen) atoms. The Hall–Kier alpha value is -2.82. The summed E-state index contributed by atoms with van der Waals surface area (Å²) in [5, 5.41) is 5.90. The first-order valence-corrected chi connectivity index (χ1v) is 7.71. The Bertz CT molecular complexity index is 683. The van der Waals surface area contributed by atoms with Gasteiger partial charge in [0.2, 0.25) is 11.8 Å². The number of hydrogen-bond donors (Lipinski definition) is 2. The van der Waals surface area contributed by atoms with E-state index in [9.17, 15) is 9.59 Å². The van der Waals surface area contributed by atoms with E-state index < -0.39 is 0 Å². The molecule has 1 aliphatic heterocycles. The number of nitrogens with zero attached hydrogens (tertiary/aromatic N) is 1. The highest BCUT2D eigenvalue weighted by atomic mass is 16.2. The van der Waals surface area contributed by atoms with Gasteiger partial charge < -0.3 is 15.5 Å². The third-order valence-corrected chi connectivity index (χ3v) is 3.76. The van der Waals surface area contributed by atoms with Crippen LogP contribution in [0.25, 0.3) is 0 Å². The lowest BCUT2D eigenvalue weighted by atomic mass is 10.2. The first kappa shape index (κ1) is 15.1. The summed E-state index contributed by atoms with van der Waals surface area (Å²) in [4.78, 5) is 25.4. The fourth-order valence-corrected chi connectivity index (χ4v) is 2.59. The Morgan fingerprint density at radius 3 is 2.39 bits per heavy atom. The first-order valence-electron chi connectivity index (χ1n) is 7.71. The van der Waals surface area contributed by atoms with E-state index in [4.69, 9.17) is 0 Å². The number of hydrogen-bond acceptors (Lipinski definition) is 3. The van der Waals surface area contributed by atoms with Gasteiger partial charge in [0.05, 0.1) is 6.54 Å². The monoisotopic (exact) mass is 309 g/mol. The summed E-state index contributed by atoms with van der Waals surface area (Å²) in [5.41, 5.74) is 2.54. The van der Waals surface area contributed by atoms with Crippen LogP contribution < -0.4 is 15.5 Å². The molecule has 1 fully saturated rings. The number of amides is 2. The van der Waals surface area contributed by atoms with Gasteiger partial charge in [0, 0.05) is 30.0 Å². The van der Waals surface area contributed by atoms with Crippen LogP contribution in [0.3, 0.4) is 0 Å². The predicted molar refractivity (Wildman–Crippen MR) is 91.6 cm³/mol. The summed E-state index contributed by atoms with van der Waals surface area (Å²) in [6, 6.07) is 16.9. The second-order valence-corrected chi connectivity index (χ2v) is 5.46. The Kier molecular flexibility index (Phi) is 4.57. The molecule has 0 spiro atoms. The SMILES string of the molecule is O=C(CNc1ccc(N2CCCC2=O)cc1)Nc1ccccc1. The molecule has 0 unspecified atom stereocenters. The van der Waals surface area contributed by atoms with Crippen molar-refractivity contribution in [3.8, 4) is 0 Å². The number of nitrogens with one attached hydrogen (secondary N) is 2. The average molecular weight is 309 g/mol. The first-order chi connectivity index (χ1) is 11.2. The van der Waals surface area contributed by atoms with Crippen molar-refractivity contribution in [2.24, 2.45) is 0 Å². The lowest BCUT2D eigenvalue weighted by molar-refractivity contribution is -0.117. The summed E-state index contributed by atoms with van der Waals surface area (Å²) in [6.45, 7) is 0.974. The molecule has 0 bridgehead atoms. The number of para-hydroxylation sites is 1. The van der Waals surface area contributed by atoms with Crippen molar-refractivity contribution in [1.29, 1.82) is 0 Å². The van der Waals surface area contributed by atoms with Crippen molar-refractivity contribution in [3.05, 3.63) is 54.6 Å². The van der Waals surface area contributed by atoms with Crippen LogP contribution in [0.4, 0.5) is 17.1 Å². The highest BCUT2D eigenvalue weighted by molar-refractivity contribution is 5.96. The zero-order chi connectivity index (χ0) is 16.1. The third-order valence-electron chi connectivity index (χ3n) is 3.76. The van der Waals surface area contributed by atoms with Crippen LogP contribution in [0.5, 0.6) is 0 Å². The maximum absolute atomic E-state index is 11.9. The molecule has 0 saturated carbocycles. The van der Waals surface area contributed by atoms with Gasteiger partial charge in [0.25, 0.3) is 0 Å². The molecule has 2 N–H and O–H groups in total. The fraction of sp³-hybridized carbons (Fsp3) is 0.222. The average Bonchev–Trinajstić information content (AvgIpc) is 3.00. The number of rotatable bonds is 5. The summed E-state index contributed by atoms with van der Waals surface area (Å²) >= 11 is 0. The molecule has 0 aliphatic carbocycles. The summed E-state index contributed by atoms with van der Waals surface area (Å²) in [6.07, 6.45) is 1.54. The molecule has 3 rings (SSSR count). The van der Waals surface area contributed by atoms with Gasteiger partial charge in [0.1, 0.15) is 0 Å². The van der Waals surface area contributed by atoms with E-state index in [2.05, 4.69) is 10.6 Å². The number of benzene rings is 2. The van der Waals surface area contributed by atoms with Gasteiger partial charge in [0.15, 0.2) is 0 Å². The minimum atomic E-state index is -0.102. The van der Waals surface area contributed by atoms with Gasteiger partial charge in [-0.05, 0) is 42.8 Å². The van der Waals surface area contributed by atoms with Crippen LogP contribution in [0.15, 0.2) is 54.6 Å². The van der Waals surface area contributed by atoms with Gasteiger partial charge >= 0.3 is 0 Å². The number of carbonyl (C=O) groups excluding carboxylic acids is 2. The van der Waals surface area contributed by atoms with Crippen molar-refractivity contribution in [2.75, 3.05) is 28.6 Å². The van der Waals surface area contributed by atoms with Crippen molar-refractivity contribution < 1.29 is 9.59 Å². The standard InChI is InChI=1S/C18H19N3O2/c22-17(20-15-5-2-1-3-6-15)13-19-14-8-10-16(11-9-14)21-12-4-7-18(21)23/h1-3,5-6,8-11,19H,4,7,12-13H2,(H,20,22). The van der Waals surface area contributed by atoms with E-state index in [-0.39, 0.29) is 18.4 Å². The zero-order valence-corrected chi connectivity index (χ0v) is 12.8. The van der Waals surface area contributed by atoms with E-state index in [1.165, 1.54) is 0 Å². The van der Waals surface area contributed by atoms with E-state index in [1.54, 1.807) is 4.90 Å². The predicted octanol–water partition coefficient (Wildman–Crippen LogP) is 2.86. The summed E-state index contributed by atoms with van der Waals surface area (Å²) < 4.78 is 0. The highest BCUT2D eigenvalue weighted by Gasteiger charge is 2.21. The van der Waals surface area contributed by atoms with Crippen molar-refractivity contribution >= 4 is 28.9 Å². The van der Waals surface area contributed by atoms with Crippen molar-refractivity contribution in [2.45, 2.75) is 12.8 Å². The van der Waals surface area contributed by atoms with E-state index in [0.717, 1.165) is 30.0 Å². The Labute approximate surface area is 135 Å². The molecule has 2 amide bonds. The highest BCUT2D eigenvalue weighted by Crippen LogP contribution is 2.22. The van der Waals surface area contributed by atoms with Crippen LogP contribution in [-0.2, 0) is 9.59 Å². The van der Waals surface area contributed by atoms with Gasteiger partial charge in [-0.25, -0.2) is 0 Å². The zero-order valence-electron chi connectivity index (χ0n) is 12.8. The van der Waals surface area contributed by atoms with E-state index in [0.29, 0.717) is 6.42 Å². The molecule has 0 radical (unpaired) electrons. The Morgan fingerprint density at radius 1 is 1.00 bits per heavy atom. The third kappa shape index (κ3) is 3.88. The van der Waals surface area contributed by atoms with Gasteiger partial charge in [-0.15, -0.1) is 0 Å². The number of anilines is 3. The molecular weight excluding hydrogens is 290 g/mol. The van der Waals surface area contributed by atoms with Crippen LogP contribution in [0.1, 0.15) is 12.8 Å². The Morgan fingerprint density at radius 2 is 1.74 bits per heavy atom. The van der Waals surface area contributed by atoms with Gasteiger partial charge in [-0.3, -0.25) is 9.59 Å². The molecule has 5 heteroatoms. The molecule has 118 valence electrons. The van der Waals surface area contributed by atoms with Crippen LogP contribution in [0, 0.1) is 0 Å². The molecule has 2 aromatic rings. The molecule has 1 heterocycles. The van der Waals surface area contributed by atoms with Crippen LogP contribution in [-0.4, -0.2) is 24.9 Å². The maximum Gasteiger partial charge on any atom is 0.243 e. The molecule has 0 atom stereocenters. The normalized spacial score (nSPS) is 13.9. The molecule has 5 nitrogen and oxygen atoms in total. The van der Waals surface area contributed by atoms with Gasteiger partial charge in [-0.2, -0.15) is 0 Å². The van der Waals surface area contributed by atoms with Crippen molar-refractivity contribution in [1.82, 2.24) is 0 Å². The minimum Gasteiger partial charge on any atom is -0.376 e. The molecule has 1 aliphatic rings. The van der Waals surface area contributed by atoms with Crippen LogP contribution >= 0.6 is 0 Å². The number of carbonyl (C=O) groups is 2. The second kappa shape index (κ2) is 6.96. The summed E-state index contributed by atoms with van der Waals surface area (Å²) in [5.74, 6) is 0.0722.